The highest BCUT2D eigenvalue weighted by molar-refractivity contribution is 8.27. The maximum Gasteiger partial charge on any atom is 0.270 e. The van der Waals surface area contributed by atoms with E-state index in [0.29, 0.717) is 42.0 Å². The Morgan fingerprint density at radius 3 is 2.68 bits per heavy atom. The van der Waals surface area contributed by atoms with Crippen LogP contribution in [0.5, 0.6) is 0 Å². The molecule has 3 heterocycles. The first-order valence-electron chi connectivity index (χ1n) is 8.15. The van der Waals surface area contributed by atoms with Gasteiger partial charge in [0.1, 0.15) is 5.15 Å². The lowest BCUT2D eigenvalue weighted by Gasteiger charge is -2.13. The van der Waals surface area contributed by atoms with E-state index in [1.54, 1.807) is 41.4 Å². The summed E-state index contributed by atoms with van der Waals surface area (Å²) in [7, 11) is 0. The first kappa shape index (κ1) is 19.1. The number of carbonyl (C=O) groups excluding carboxylic acids is 1. The van der Waals surface area contributed by atoms with Gasteiger partial charge in [-0.25, -0.2) is 4.68 Å². The van der Waals surface area contributed by atoms with Gasteiger partial charge in [0.25, 0.3) is 5.91 Å². The molecule has 0 saturated carbocycles. The molecule has 0 spiro atoms. The van der Waals surface area contributed by atoms with Crippen LogP contribution in [0.15, 0.2) is 53.7 Å². The van der Waals surface area contributed by atoms with Gasteiger partial charge in [0.15, 0.2) is 4.32 Å². The molecule has 5 nitrogen and oxygen atoms in total. The normalized spacial score (nSPS) is 15.7. The molecular formula is C19H12Cl2N4OS2. The third kappa shape index (κ3) is 3.35. The number of rotatable bonds is 3. The number of hydrogen-bond donors (Lipinski definition) is 0. The number of hydrogen-bond acceptors (Lipinski definition) is 5. The number of nitrogens with zero attached hydrogens (tertiary/aromatic N) is 4. The Hall–Kier alpha value is -2.19. The average Bonchev–Trinajstić information content (AvgIpc) is 3.13. The molecule has 1 aliphatic rings. The molecule has 1 aliphatic heterocycles. The summed E-state index contributed by atoms with van der Waals surface area (Å²) >= 11 is 19.4. The van der Waals surface area contributed by atoms with Crippen molar-refractivity contribution in [2.75, 3.05) is 4.90 Å². The van der Waals surface area contributed by atoms with Crippen molar-refractivity contribution in [2.24, 2.45) is 0 Å². The van der Waals surface area contributed by atoms with E-state index in [1.165, 1.54) is 16.7 Å². The minimum atomic E-state index is -0.219. The van der Waals surface area contributed by atoms with Crippen molar-refractivity contribution in [3.63, 3.8) is 0 Å². The molecule has 0 N–H and O–H groups in total. The van der Waals surface area contributed by atoms with Crippen LogP contribution in [-0.4, -0.2) is 25.0 Å². The fourth-order valence-electron chi connectivity index (χ4n) is 2.77. The van der Waals surface area contributed by atoms with Gasteiger partial charge in [-0.3, -0.25) is 14.7 Å². The fourth-order valence-corrected chi connectivity index (χ4v) is 4.58. The van der Waals surface area contributed by atoms with E-state index in [2.05, 4.69) is 10.1 Å². The number of thiocarbonyl (C=S) groups is 1. The summed E-state index contributed by atoms with van der Waals surface area (Å²) in [6.07, 6.45) is 4.96. The molecule has 0 bridgehead atoms. The van der Waals surface area contributed by atoms with Gasteiger partial charge in [0.2, 0.25) is 0 Å². The maximum absolute atomic E-state index is 12.9. The summed E-state index contributed by atoms with van der Waals surface area (Å²) in [5.74, 6) is -0.219. The number of amides is 1. The van der Waals surface area contributed by atoms with Gasteiger partial charge in [-0.05, 0) is 37.3 Å². The first-order chi connectivity index (χ1) is 13.5. The van der Waals surface area contributed by atoms with Crippen molar-refractivity contribution < 1.29 is 4.79 Å². The second kappa shape index (κ2) is 7.67. The summed E-state index contributed by atoms with van der Waals surface area (Å²) in [4.78, 5) is 18.9. The van der Waals surface area contributed by atoms with Gasteiger partial charge in [-0.1, -0.05) is 59.3 Å². The van der Waals surface area contributed by atoms with Crippen molar-refractivity contribution in [1.82, 2.24) is 14.8 Å². The SMILES string of the molecule is Cc1nn(-c2ccccc2Cl)c(Cl)c1/C=C1\SC(=S)N(c2cccnc2)C1=O. The van der Waals surface area contributed by atoms with Crippen LogP contribution in [0.4, 0.5) is 5.69 Å². The molecule has 1 amide bonds. The van der Waals surface area contributed by atoms with Gasteiger partial charge in [0.05, 0.1) is 33.2 Å². The Labute approximate surface area is 181 Å². The first-order valence-corrected chi connectivity index (χ1v) is 10.1. The Bertz CT molecular complexity index is 1130. The number of halogens is 2. The lowest BCUT2D eigenvalue weighted by molar-refractivity contribution is -0.113. The highest BCUT2D eigenvalue weighted by Gasteiger charge is 2.34. The molecule has 0 unspecified atom stereocenters. The second-order valence-electron chi connectivity index (χ2n) is 5.88. The lowest BCUT2D eigenvalue weighted by atomic mass is 10.2. The summed E-state index contributed by atoms with van der Waals surface area (Å²) < 4.78 is 2.00. The molecule has 1 aromatic carbocycles. The molecule has 0 aliphatic carbocycles. The van der Waals surface area contributed by atoms with Crippen LogP contribution in [0.2, 0.25) is 10.2 Å². The number of aromatic nitrogens is 3. The summed E-state index contributed by atoms with van der Waals surface area (Å²) in [5, 5.41) is 5.38. The molecule has 1 fully saturated rings. The van der Waals surface area contributed by atoms with E-state index < -0.39 is 0 Å². The largest absolute Gasteiger partial charge is 0.270 e. The van der Waals surface area contributed by atoms with Crippen LogP contribution in [0.25, 0.3) is 11.8 Å². The number of aryl methyl sites for hydroxylation is 1. The fraction of sp³-hybridized carbons (Fsp3) is 0.0526. The zero-order valence-electron chi connectivity index (χ0n) is 14.5. The Balaban J connectivity index is 1.73. The van der Waals surface area contributed by atoms with Crippen LogP contribution in [-0.2, 0) is 4.79 Å². The zero-order chi connectivity index (χ0) is 19.8. The van der Waals surface area contributed by atoms with E-state index in [1.807, 2.05) is 25.1 Å². The van der Waals surface area contributed by atoms with Crippen molar-refractivity contribution in [3.05, 3.63) is 75.1 Å². The molecule has 9 heteroatoms. The van der Waals surface area contributed by atoms with Crippen molar-refractivity contribution in [1.29, 1.82) is 0 Å². The van der Waals surface area contributed by atoms with Gasteiger partial charge in [-0.2, -0.15) is 5.10 Å². The average molecular weight is 447 g/mol. The minimum absolute atomic E-state index is 0.219. The quantitative estimate of drug-likeness (QED) is 0.404. The van der Waals surface area contributed by atoms with E-state index in [4.69, 9.17) is 35.4 Å². The van der Waals surface area contributed by atoms with Crippen molar-refractivity contribution in [3.8, 4) is 5.69 Å². The number of benzene rings is 1. The Kier molecular flexibility index (Phi) is 5.25. The topological polar surface area (TPSA) is 51.0 Å². The molecular weight excluding hydrogens is 435 g/mol. The van der Waals surface area contributed by atoms with E-state index in [-0.39, 0.29) is 5.91 Å². The zero-order valence-corrected chi connectivity index (χ0v) is 17.6. The third-order valence-electron chi connectivity index (χ3n) is 4.10. The van der Waals surface area contributed by atoms with Crippen LogP contribution in [0.1, 0.15) is 11.3 Å². The van der Waals surface area contributed by atoms with Gasteiger partial charge in [-0.15, -0.1) is 0 Å². The van der Waals surface area contributed by atoms with Gasteiger partial charge >= 0.3 is 0 Å². The summed E-state index contributed by atoms with van der Waals surface area (Å²) in [5.41, 5.74) is 2.62. The Morgan fingerprint density at radius 1 is 1.18 bits per heavy atom. The lowest BCUT2D eigenvalue weighted by Crippen LogP contribution is -2.27. The van der Waals surface area contributed by atoms with Crippen LogP contribution >= 0.6 is 47.2 Å². The van der Waals surface area contributed by atoms with Gasteiger partial charge < -0.3 is 0 Å². The van der Waals surface area contributed by atoms with Crippen molar-refractivity contribution in [2.45, 2.75) is 6.92 Å². The number of para-hydroxylation sites is 1. The van der Waals surface area contributed by atoms with Crippen molar-refractivity contribution >= 4 is 69.2 Å². The van der Waals surface area contributed by atoms with Crippen LogP contribution in [0.3, 0.4) is 0 Å². The van der Waals surface area contributed by atoms with Crippen LogP contribution in [0, 0.1) is 6.92 Å². The second-order valence-corrected chi connectivity index (χ2v) is 8.32. The van der Waals surface area contributed by atoms with Gasteiger partial charge in [0, 0.05) is 11.8 Å². The predicted octanol–water partition coefficient (Wildman–Crippen LogP) is 5.29. The third-order valence-corrected chi connectivity index (χ3v) is 6.09. The molecule has 4 rings (SSSR count). The molecule has 28 heavy (non-hydrogen) atoms. The smallest absolute Gasteiger partial charge is 0.268 e. The number of thioether (sulfide) groups is 1. The highest BCUT2D eigenvalue weighted by Crippen LogP contribution is 2.37. The van der Waals surface area contributed by atoms with Crippen LogP contribution < -0.4 is 4.90 Å². The monoisotopic (exact) mass is 446 g/mol. The Morgan fingerprint density at radius 2 is 1.96 bits per heavy atom. The molecule has 0 radical (unpaired) electrons. The van der Waals surface area contributed by atoms with E-state index >= 15 is 0 Å². The molecule has 0 atom stereocenters. The molecule has 2 aromatic heterocycles. The molecule has 140 valence electrons. The maximum atomic E-state index is 12.9. The number of pyridine rings is 1. The van der Waals surface area contributed by atoms with E-state index in [9.17, 15) is 4.79 Å². The number of anilines is 1. The number of carbonyl (C=O) groups is 1. The summed E-state index contributed by atoms with van der Waals surface area (Å²) in [6.45, 7) is 1.83. The summed E-state index contributed by atoms with van der Waals surface area (Å²) in [6, 6.07) is 10.8. The minimum Gasteiger partial charge on any atom is -0.268 e. The predicted molar refractivity (Wildman–Crippen MR) is 118 cm³/mol. The van der Waals surface area contributed by atoms with E-state index in [0.717, 1.165) is 0 Å². The molecule has 3 aromatic rings. The highest BCUT2D eigenvalue weighted by atomic mass is 35.5. The molecule has 1 saturated heterocycles. The standard InChI is InChI=1S/C19H12Cl2N4OS2/c1-11-13(17(21)25(23-11)15-7-3-2-6-14(15)20)9-16-18(26)24(19(27)28-16)12-5-4-8-22-10-12/h2-10H,1H3/b16-9-.